The molecule has 3 aromatic rings. The summed E-state index contributed by atoms with van der Waals surface area (Å²) < 4.78 is 18.2. The fraction of sp³-hybridized carbons (Fsp3) is 0. The number of benzene rings is 2. The van der Waals surface area contributed by atoms with Crippen molar-refractivity contribution in [2.45, 2.75) is 0 Å². The largest absolute Gasteiger partial charge is 0.451 e. The number of hydrogen-bond donors (Lipinski definition) is 1. The maximum Gasteiger partial charge on any atom is 0.291 e. The van der Waals surface area contributed by atoms with Crippen LogP contribution in [0.4, 0.5) is 10.1 Å². The fourth-order valence-corrected chi connectivity index (χ4v) is 2.03. The maximum absolute atomic E-state index is 12.8. The highest BCUT2D eigenvalue weighted by Crippen LogP contribution is 2.23. The minimum Gasteiger partial charge on any atom is -0.451 e. The van der Waals surface area contributed by atoms with Crippen LogP contribution >= 0.6 is 11.6 Å². The lowest BCUT2D eigenvalue weighted by molar-refractivity contribution is 0.0998. The number of hydrogen-bond acceptors (Lipinski definition) is 2. The van der Waals surface area contributed by atoms with Crippen molar-refractivity contribution in [2.75, 3.05) is 5.32 Å². The van der Waals surface area contributed by atoms with Crippen LogP contribution in [0, 0.1) is 5.82 Å². The average Bonchev–Trinajstić information content (AvgIpc) is 2.84. The Kier molecular flexibility index (Phi) is 3.16. The Morgan fingerprint density at radius 3 is 2.60 bits per heavy atom. The van der Waals surface area contributed by atoms with Crippen molar-refractivity contribution in [1.29, 1.82) is 0 Å². The molecule has 3 rings (SSSR count). The van der Waals surface area contributed by atoms with Gasteiger partial charge in [0.2, 0.25) is 0 Å². The number of anilines is 1. The summed E-state index contributed by atoms with van der Waals surface area (Å²) in [6, 6.07) is 12.2. The highest BCUT2D eigenvalue weighted by atomic mass is 35.5. The Morgan fingerprint density at radius 2 is 1.85 bits per heavy atom. The van der Waals surface area contributed by atoms with Gasteiger partial charge in [-0.3, -0.25) is 4.79 Å². The predicted octanol–water partition coefficient (Wildman–Crippen LogP) is 4.48. The van der Waals surface area contributed by atoms with E-state index in [0.29, 0.717) is 16.3 Å². The molecule has 0 aliphatic rings. The molecule has 0 aliphatic heterocycles. The second kappa shape index (κ2) is 4.98. The number of fused-ring (bicyclic) bond motifs is 1. The third-order valence-electron chi connectivity index (χ3n) is 2.80. The van der Waals surface area contributed by atoms with Crippen LogP contribution in [0.1, 0.15) is 10.6 Å². The Morgan fingerprint density at radius 1 is 1.10 bits per heavy atom. The molecule has 1 aromatic heterocycles. The topological polar surface area (TPSA) is 42.2 Å². The lowest BCUT2D eigenvalue weighted by Crippen LogP contribution is -2.10. The summed E-state index contributed by atoms with van der Waals surface area (Å²) in [5, 5.41) is 3.95. The van der Waals surface area contributed by atoms with Crippen molar-refractivity contribution >= 4 is 34.2 Å². The van der Waals surface area contributed by atoms with Gasteiger partial charge in [0.15, 0.2) is 5.76 Å². The zero-order chi connectivity index (χ0) is 14.1. The highest BCUT2D eigenvalue weighted by molar-refractivity contribution is 6.31. The molecule has 2 aromatic carbocycles. The summed E-state index contributed by atoms with van der Waals surface area (Å²) in [6.45, 7) is 0. The van der Waals surface area contributed by atoms with Crippen LogP contribution in [-0.2, 0) is 0 Å². The maximum atomic E-state index is 12.8. The smallest absolute Gasteiger partial charge is 0.291 e. The Bertz CT molecular complexity index is 780. The van der Waals surface area contributed by atoms with Crippen LogP contribution in [-0.4, -0.2) is 5.91 Å². The Hall–Kier alpha value is -2.33. The van der Waals surface area contributed by atoms with E-state index in [4.69, 9.17) is 16.0 Å². The van der Waals surface area contributed by atoms with Gasteiger partial charge in [0, 0.05) is 16.1 Å². The van der Waals surface area contributed by atoms with Crippen molar-refractivity contribution in [2.24, 2.45) is 0 Å². The molecular formula is C15H9ClFNO2. The summed E-state index contributed by atoms with van der Waals surface area (Å²) in [6.07, 6.45) is 0. The summed E-state index contributed by atoms with van der Waals surface area (Å²) >= 11 is 5.87. The van der Waals surface area contributed by atoms with Crippen LogP contribution in [0.15, 0.2) is 52.9 Å². The first kappa shape index (κ1) is 12.7. The van der Waals surface area contributed by atoms with Gasteiger partial charge in [-0.15, -0.1) is 0 Å². The van der Waals surface area contributed by atoms with E-state index in [9.17, 15) is 9.18 Å². The molecule has 0 saturated heterocycles. The van der Waals surface area contributed by atoms with E-state index >= 15 is 0 Å². The molecule has 0 fully saturated rings. The van der Waals surface area contributed by atoms with E-state index in [1.165, 1.54) is 24.3 Å². The van der Waals surface area contributed by atoms with Gasteiger partial charge < -0.3 is 9.73 Å². The van der Waals surface area contributed by atoms with Gasteiger partial charge in [-0.25, -0.2) is 4.39 Å². The molecule has 0 saturated carbocycles. The second-order valence-electron chi connectivity index (χ2n) is 4.25. The van der Waals surface area contributed by atoms with Crippen molar-refractivity contribution in [1.82, 2.24) is 0 Å². The molecule has 100 valence electrons. The molecule has 0 atom stereocenters. The van der Waals surface area contributed by atoms with E-state index in [1.807, 2.05) is 0 Å². The number of carbonyl (C=O) groups excluding carboxylic acids is 1. The predicted molar refractivity (Wildman–Crippen MR) is 75.6 cm³/mol. The number of rotatable bonds is 2. The average molecular weight is 290 g/mol. The van der Waals surface area contributed by atoms with Gasteiger partial charge in [-0.05, 0) is 48.5 Å². The Labute approximate surface area is 119 Å². The standard InChI is InChI=1S/C15H9ClFNO2/c16-10-1-6-13-9(7-10)8-14(20-13)15(19)18-12-4-2-11(17)3-5-12/h1-8H,(H,18,19). The minimum atomic E-state index is -0.399. The minimum absolute atomic E-state index is 0.173. The van der Waals surface area contributed by atoms with Gasteiger partial charge in [-0.2, -0.15) is 0 Å². The molecule has 20 heavy (non-hydrogen) atoms. The van der Waals surface area contributed by atoms with Crippen LogP contribution in [0.3, 0.4) is 0 Å². The number of amides is 1. The molecule has 0 radical (unpaired) electrons. The molecule has 1 heterocycles. The number of carbonyl (C=O) groups is 1. The number of nitrogens with one attached hydrogen (secondary N) is 1. The first-order chi connectivity index (χ1) is 9.61. The van der Waals surface area contributed by atoms with Crippen molar-refractivity contribution in [3.8, 4) is 0 Å². The van der Waals surface area contributed by atoms with Gasteiger partial charge >= 0.3 is 0 Å². The van der Waals surface area contributed by atoms with E-state index in [-0.39, 0.29) is 11.6 Å². The molecule has 0 unspecified atom stereocenters. The second-order valence-corrected chi connectivity index (χ2v) is 4.69. The first-order valence-electron chi connectivity index (χ1n) is 5.88. The number of furan rings is 1. The lowest BCUT2D eigenvalue weighted by atomic mass is 10.2. The van der Waals surface area contributed by atoms with E-state index < -0.39 is 5.91 Å². The fourth-order valence-electron chi connectivity index (χ4n) is 1.85. The zero-order valence-corrected chi connectivity index (χ0v) is 10.9. The van der Waals surface area contributed by atoms with Gasteiger partial charge in [0.25, 0.3) is 5.91 Å². The van der Waals surface area contributed by atoms with Crippen molar-refractivity contribution in [3.63, 3.8) is 0 Å². The molecule has 3 nitrogen and oxygen atoms in total. The summed E-state index contributed by atoms with van der Waals surface area (Å²) in [7, 11) is 0. The van der Waals surface area contributed by atoms with Crippen molar-refractivity contribution < 1.29 is 13.6 Å². The molecule has 1 N–H and O–H groups in total. The van der Waals surface area contributed by atoms with E-state index in [2.05, 4.69) is 5.32 Å². The molecule has 1 amide bonds. The SMILES string of the molecule is O=C(Nc1ccc(F)cc1)c1cc2cc(Cl)ccc2o1. The van der Waals surface area contributed by atoms with Crippen LogP contribution in [0.2, 0.25) is 5.02 Å². The molecule has 5 heteroatoms. The Balaban J connectivity index is 1.86. The van der Waals surface area contributed by atoms with E-state index in [1.54, 1.807) is 24.3 Å². The third kappa shape index (κ3) is 2.51. The van der Waals surface area contributed by atoms with E-state index in [0.717, 1.165) is 5.39 Å². The molecular weight excluding hydrogens is 281 g/mol. The van der Waals surface area contributed by atoms with Gasteiger partial charge in [-0.1, -0.05) is 11.6 Å². The van der Waals surface area contributed by atoms with Crippen molar-refractivity contribution in [3.05, 3.63) is 65.1 Å². The molecule has 0 bridgehead atoms. The molecule has 0 aliphatic carbocycles. The summed E-state index contributed by atoms with van der Waals surface area (Å²) in [5.74, 6) is -0.586. The third-order valence-corrected chi connectivity index (χ3v) is 3.04. The van der Waals surface area contributed by atoms with Crippen LogP contribution in [0.5, 0.6) is 0 Å². The first-order valence-corrected chi connectivity index (χ1v) is 6.26. The summed E-state index contributed by atoms with van der Waals surface area (Å²) in [5.41, 5.74) is 1.08. The highest BCUT2D eigenvalue weighted by Gasteiger charge is 2.12. The normalized spacial score (nSPS) is 10.7. The summed E-state index contributed by atoms with van der Waals surface area (Å²) in [4.78, 5) is 12.0. The van der Waals surface area contributed by atoms with Crippen LogP contribution in [0.25, 0.3) is 11.0 Å². The number of halogens is 2. The molecule has 0 spiro atoms. The van der Waals surface area contributed by atoms with Gasteiger partial charge in [0.05, 0.1) is 0 Å². The monoisotopic (exact) mass is 289 g/mol. The van der Waals surface area contributed by atoms with Gasteiger partial charge in [0.1, 0.15) is 11.4 Å². The zero-order valence-electron chi connectivity index (χ0n) is 10.2. The van der Waals surface area contributed by atoms with Crippen LogP contribution < -0.4 is 5.32 Å². The quantitative estimate of drug-likeness (QED) is 0.756. The lowest BCUT2D eigenvalue weighted by Gasteiger charge is -2.02.